The van der Waals surface area contributed by atoms with Gasteiger partial charge < -0.3 is 19.7 Å². The summed E-state index contributed by atoms with van der Waals surface area (Å²) in [6.45, 7) is 1.17. The molecule has 136 valence electrons. The van der Waals surface area contributed by atoms with E-state index in [0.29, 0.717) is 24.5 Å². The normalized spacial score (nSPS) is 11.0. The highest BCUT2D eigenvalue weighted by Crippen LogP contribution is 2.29. The molecule has 1 aromatic heterocycles. The summed E-state index contributed by atoms with van der Waals surface area (Å²) < 4.78 is 6.96. The lowest BCUT2D eigenvalue weighted by atomic mass is 10.1. The Labute approximate surface area is 157 Å². The molecule has 1 heterocycles. The number of halogens is 1. The van der Waals surface area contributed by atoms with Crippen LogP contribution in [0.15, 0.2) is 42.5 Å². The number of aryl methyl sites for hydroxylation is 1. The third-order valence-electron chi connectivity index (χ3n) is 4.55. The minimum absolute atomic E-state index is 0.290. The van der Waals surface area contributed by atoms with E-state index in [0.717, 1.165) is 33.5 Å². The van der Waals surface area contributed by atoms with Crippen LogP contribution in [0, 0.1) is 0 Å². The van der Waals surface area contributed by atoms with Crippen molar-refractivity contribution in [1.82, 2.24) is 9.88 Å². The maximum atomic E-state index is 11.8. The second-order valence-corrected chi connectivity index (χ2v) is 6.50. The van der Waals surface area contributed by atoms with Gasteiger partial charge in [0.1, 0.15) is 11.4 Å². The number of fused-ring (bicyclic) bond motifs is 1. The fourth-order valence-corrected chi connectivity index (χ4v) is 3.44. The van der Waals surface area contributed by atoms with Gasteiger partial charge in [-0.3, -0.25) is 0 Å². The van der Waals surface area contributed by atoms with Crippen molar-refractivity contribution in [2.24, 2.45) is 7.05 Å². The maximum Gasteiger partial charge on any atom is 0.352 e. The monoisotopic (exact) mass is 372 g/mol. The highest BCUT2D eigenvalue weighted by molar-refractivity contribution is 6.31. The summed E-state index contributed by atoms with van der Waals surface area (Å²) in [6.07, 6.45) is 0.778. The molecule has 0 atom stereocenters. The number of ether oxygens (including phenoxy) is 1. The number of aromatic nitrogens is 1. The van der Waals surface area contributed by atoms with Crippen molar-refractivity contribution in [2.45, 2.75) is 13.0 Å². The molecule has 0 aliphatic rings. The Hall–Kier alpha value is -2.50. The minimum atomic E-state index is -0.939. The second kappa shape index (κ2) is 7.81. The number of hydrogen-bond donors (Lipinski definition) is 2. The quantitative estimate of drug-likeness (QED) is 0.618. The van der Waals surface area contributed by atoms with E-state index in [9.17, 15) is 9.90 Å². The van der Waals surface area contributed by atoms with Gasteiger partial charge in [-0.2, -0.15) is 0 Å². The van der Waals surface area contributed by atoms with Crippen molar-refractivity contribution in [3.05, 3.63) is 64.3 Å². The predicted molar refractivity (Wildman–Crippen MR) is 103 cm³/mol. The molecule has 0 unspecified atom stereocenters. The van der Waals surface area contributed by atoms with Crippen molar-refractivity contribution in [2.75, 3.05) is 13.7 Å². The number of carbonyl (C=O) groups is 1. The van der Waals surface area contributed by atoms with Gasteiger partial charge in [-0.05, 0) is 36.7 Å². The molecule has 0 radical (unpaired) electrons. The van der Waals surface area contributed by atoms with E-state index in [-0.39, 0.29) is 0 Å². The van der Waals surface area contributed by atoms with Gasteiger partial charge in [-0.15, -0.1) is 0 Å². The van der Waals surface area contributed by atoms with Crippen LogP contribution in [0.3, 0.4) is 0 Å². The Morgan fingerprint density at radius 1 is 1.27 bits per heavy atom. The summed E-state index contributed by atoms with van der Waals surface area (Å²) >= 11 is 6.18. The first-order chi connectivity index (χ1) is 12.5. The van der Waals surface area contributed by atoms with Gasteiger partial charge >= 0.3 is 5.97 Å². The third kappa shape index (κ3) is 3.54. The smallest absolute Gasteiger partial charge is 0.352 e. The lowest BCUT2D eigenvalue weighted by molar-refractivity contribution is 0.0685. The van der Waals surface area contributed by atoms with Crippen molar-refractivity contribution in [3.8, 4) is 5.75 Å². The zero-order valence-corrected chi connectivity index (χ0v) is 15.5. The summed E-state index contributed by atoms with van der Waals surface area (Å²) in [6, 6.07) is 13.3. The van der Waals surface area contributed by atoms with Crippen LogP contribution in [0.1, 0.15) is 21.6 Å². The van der Waals surface area contributed by atoms with Gasteiger partial charge in [0.15, 0.2) is 0 Å². The number of carboxylic acid groups (broad SMARTS) is 1. The van der Waals surface area contributed by atoms with Crippen LogP contribution in [-0.2, 0) is 20.0 Å². The number of benzene rings is 2. The molecule has 5 nitrogen and oxygen atoms in total. The van der Waals surface area contributed by atoms with E-state index >= 15 is 0 Å². The lowest BCUT2D eigenvalue weighted by Gasteiger charge is -2.07. The van der Waals surface area contributed by atoms with Crippen molar-refractivity contribution < 1.29 is 14.6 Å². The van der Waals surface area contributed by atoms with Crippen molar-refractivity contribution >= 4 is 28.5 Å². The Kier molecular flexibility index (Phi) is 5.49. The molecule has 26 heavy (non-hydrogen) atoms. The third-order valence-corrected chi connectivity index (χ3v) is 4.91. The molecule has 0 fully saturated rings. The van der Waals surface area contributed by atoms with E-state index in [2.05, 4.69) is 5.32 Å². The van der Waals surface area contributed by atoms with E-state index in [1.54, 1.807) is 18.7 Å². The minimum Gasteiger partial charge on any atom is -0.497 e. The molecule has 2 aromatic carbocycles. The topological polar surface area (TPSA) is 63.5 Å². The Morgan fingerprint density at radius 3 is 2.73 bits per heavy atom. The van der Waals surface area contributed by atoms with Crippen LogP contribution in [0.4, 0.5) is 0 Å². The van der Waals surface area contributed by atoms with Crippen LogP contribution in [0.5, 0.6) is 5.75 Å². The van der Waals surface area contributed by atoms with E-state index in [1.807, 2.05) is 42.5 Å². The number of nitrogens with zero attached hydrogens (tertiary/aromatic N) is 1. The van der Waals surface area contributed by atoms with Gasteiger partial charge in [0, 0.05) is 35.6 Å². The first-order valence-corrected chi connectivity index (χ1v) is 8.73. The summed E-state index contributed by atoms with van der Waals surface area (Å²) in [5, 5.41) is 14.6. The number of carboxylic acids is 1. The van der Waals surface area contributed by atoms with E-state index in [1.165, 1.54) is 0 Å². The molecule has 0 spiro atoms. The first-order valence-electron chi connectivity index (χ1n) is 8.35. The lowest BCUT2D eigenvalue weighted by Crippen LogP contribution is -2.19. The maximum absolute atomic E-state index is 11.8. The number of nitrogens with one attached hydrogen (secondary N) is 1. The molecule has 0 saturated carbocycles. The summed E-state index contributed by atoms with van der Waals surface area (Å²) in [5.74, 6) is -0.237. The zero-order chi connectivity index (χ0) is 18.7. The fourth-order valence-electron chi connectivity index (χ4n) is 3.21. The zero-order valence-electron chi connectivity index (χ0n) is 14.8. The van der Waals surface area contributed by atoms with Crippen LogP contribution in [0.25, 0.3) is 10.9 Å². The molecule has 2 N–H and O–H groups in total. The number of rotatable bonds is 7. The van der Waals surface area contributed by atoms with Gasteiger partial charge in [-0.25, -0.2) is 4.79 Å². The van der Waals surface area contributed by atoms with Gasteiger partial charge in [0.25, 0.3) is 0 Å². The van der Waals surface area contributed by atoms with Crippen LogP contribution in [-0.4, -0.2) is 29.3 Å². The highest BCUT2D eigenvalue weighted by atomic mass is 35.5. The average molecular weight is 373 g/mol. The Morgan fingerprint density at radius 2 is 2.04 bits per heavy atom. The molecular formula is C20H21ClN2O3. The van der Waals surface area contributed by atoms with Gasteiger partial charge in [-0.1, -0.05) is 29.8 Å². The highest BCUT2D eigenvalue weighted by Gasteiger charge is 2.20. The number of aromatic carboxylic acids is 1. The van der Waals surface area contributed by atoms with Gasteiger partial charge in [0.05, 0.1) is 12.6 Å². The second-order valence-electron chi connectivity index (χ2n) is 6.09. The van der Waals surface area contributed by atoms with E-state index < -0.39 is 5.97 Å². The SMILES string of the molecule is COc1ccc2c(CNCCc3ccccc3Cl)c(C(=O)O)n(C)c2c1. The fraction of sp³-hybridized carbons (Fsp3) is 0.250. The van der Waals surface area contributed by atoms with E-state index in [4.69, 9.17) is 16.3 Å². The Bertz CT molecular complexity index is 950. The van der Waals surface area contributed by atoms with Crippen molar-refractivity contribution in [1.29, 1.82) is 0 Å². The largest absolute Gasteiger partial charge is 0.497 e. The van der Waals surface area contributed by atoms with Crippen LogP contribution >= 0.6 is 11.6 Å². The molecule has 0 amide bonds. The molecular weight excluding hydrogens is 352 g/mol. The molecule has 3 rings (SSSR count). The standard InChI is InChI=1S/C20H21ClN2O3/c1-23-18-11-14(26-2)7-8-15(18)16(19(23)20(24)25)12-22-10-9-13-5-3-4-6-17(13)21/h3-8,11,22H,9-10,12H2,1-2H3,(H,24,25). The van der Waals surface area contributed by atoms with Crippen molar-refractivity contribution in [3.63, 3.8) is 0 Å². The summed E-state index contributed by atoms with van der Waals surface area (Å²) in [7, 11) is 3.36. The average Bonchev–Trinajstić information content (AvgIpc) is 2.91. The van der Waals surface area contributed by atoms with Crippen LogP contribution in [0.2, 0.25) is 5.02 Å². The summed E-state index contributed by atoms with van der Waals surface area (Å²) in [4.78, 5) is 11.8. The first kappa shape index (κ1) is 18.3. The summed E-state index contributed by atoms with van der Waals surface area (Å²) in [5.41, 5.74) is 2.97. The molecule has 0 saturated heterocycles. The molecule has 0 aliphatic carbocycles. The molecule has 3 aromatic rings. The molecule has 6 heteroatoms. The van der Waals surface area contributed by atoms with Gasteiger partial charge in [0.2, 0.25) is 0 Å². The Balaban J connectivity index is 1.81. The molecule has 0 aliphatic heterocycles. The van der Waals surface area contributed by atoms with Crippen LogP contribution < -0.4 is 10.1 Å². The molecule has 0 bridgehead atoms. The number of hydrogen-bond acceptors (Lipinski definition) is 3. The number of methoxy groups -OCH3 is 1. The predicted octanol–water partition coefficient (Wildman–Crippen LogP) is 3.87.